The number of hydrogen-bond donors (Lipinski definition) is 1. The molecule has 0 saturated heterocycles. The van der Waals surface area contributed by atoms with Crippen LogP contribution in [0.25, 0.3) is 17.2 Å². The second-order valence-electron chi connectivity index (χ2n) is 8.61. The Hall–Kier alpha value is -4.30. The van der Waals surface area contributed by atoms with Crippen LogP contribution in [0.3, 0.4) is 0 Å². The third kappa shape index (κ3) is 5.82. The van der Waals surface area contributed by atoms with Crippen molar-refractivity contribution in [3.05, 3.63) is 60.2 Å². The van der Waals surface area contributed by atoms with Crippen LogP contribution in [0, 0.1) is 6.92 Å². The molecule has 0 amide bonds. The van der Waals surface area contributed by atoms with Crippen molar-refractivity contribution in [2.45, 2.75) is 32.1 Å². The molecule has 0 aliphatic rings. The fourth-order valence-corrected chi connectivity index (χ4v) is 5.12. The van der Waals surface area contributed by atoms with Crippen molar-refractivity contribution in [2.75, 3.05) is 32.7 Å². The number of anilines is 1. The van der Waals surface area contributed by atoms with Gasteiger partial charge in [-0.2, -0.15) is 0 Å². The number of methoxy groups -OCH3 is 3. The zero-order valence-corrected chi connectivity index (χ0v) is 23.8. The number of aromatic nitrogens is 6. The van der Waals surface area contributed by atoms with Gasteiger partial charge in [0.25, 0.3) is 0 Å². The maximum absolute atomic E-state index is 13.7. The number of aryl methyl sites for hydroxylation is 1. The molecule has 0 fully saturated rings. The lowest BCUT2D eigenvalue weighted by Crippen LogP contribution is -2.33. The summed E-state index contributed by atoms with van der Waals surface area (Å²) in [5, 5.41) is 7.37. The Morgan fingerprint density at radius 3 is 2.23 bits per heavy atom. The number of benzene rings is 1. The maximum atomic E-state index is 13.7. The van der Waals surface area contributed by atoms with Crippen LogP contribution in [-0.2, 0) is 14.8 Å². The highest BCUT2D eigenvalue weighted by atomic mass is 32.2. The van der Waals surface area contributed by atoms with E-state index in [4.69, 9.17) is 18.9 Å². The van der Waals surface area contributed by atoms with Crippen molar-refractivity contribution in [2.24, 2.45) is 0 Å². The number of hydrogen-bond acceptors (Lipinski definition) is 11. The summed E-state index contributed by atoms with van der Waals surface area (Å²) in [6, 6.07) is 10.3. The summed E-state index contributed by atoms with van der Waals surface area (Å²) in [5.74, 6) is 1.48. The Morgan fingerprint density at radius 1 is 0.975 bits per heavy atom. The van der Waals surface area contributed by atoms with Crippen LogP contribution in [0.4, 0.5) is 5.95 Å². The highest BCUT2D eigenvalue weighted by Gasteiger charge is 2.35. The maximum Gasteiger partial charge on any atom is 0.243 e. The number of rotatable bonds is 12. The predicted octanol–water partition coefficient (Wildman–Crippen LogP) is 3.36. The fourth-order valence-electron chi connectivity index (χ4n) is 3.99. The van der Waals surface area contributed by atoms with Crippen molar-refractivity contribution in [3.63, 3.8) is 0 Å². The number of nitrogens with one attached hydrogen (secondary N) is 1. The number of pyridine rings is 1. The molecule has 4 rings (SSSR count). The van der Waals surface area contributed by atoms with Crippen molar-refractivity contribution >= 4 is 16.0 Å². The Balaban J connectivity index is 1.85. The van der Waals surface area contributed by atoms with E-state index in [1.807, 2.05) is 13.8 Å². The van der Waals surface area contributed by atoms with Gasteiger partial charge in [0.1, 0.15) is 34.2 Å². The minimum Gasteiger partial charge on any atom is -0.494 e. The average Bonchev–Trinajstić information content (AvgIpc) is 3.36. The lowest BCUT2D eigenvalue weighted by molar-refractivity contribution is 0.0949. The van der Waals surface area contributed by atoms with Gasteiger partial charge in [0.2, 0.25) is 21.9 Å². The van der Waals surface area contributed by atoms with Gasteiger partial charge in [0.05, 0.1) is 20.8 Å². The standard InChI is InChI=1S/C26H31N7O6S/c1-7-39-21-13-8-10-18(29-21)25-30-31-26(33(25)22-19(36-4)11-9-12-20(22)37-5)32-40(34,35)17(3)23(38-6)24-27-14-16(2)15-28-24/h8-15,17,23H,7H2,1-6H3,(H,31,32)/t17-,23-/m0/s1. The van der Waals surface area contributed by atoms with E-state index in [2.05, 4.69) is 29.9 Å². The van der Waals surface area contributed by atoms with Crippen molar-refractivity contribution in [1.29, 1.82) is 0 Å². The number of ether oxygens (including phenoxy) is 4. The summed E-state index contributed by atoms with van der Waals surface area (Å²) in [6.45, 7) is 5.60. The van der Waals surface area contributed by atoms with Crippen LogP contribution in [0.1, 0.15) is 31.3 Å². The van der Waals surface area contributed by atoms with Gasteiger partial charge < -0.3 is 18.9 Å². The molecular formula is C26H31N7O6S. The molecule has 0 unspecified atom stereocenters. The zero-order valence-electron chi connectivity index (χ0n) is 23.0. The monoisotopic (exact) mass is 569 g/mol. The molecule has 0 radical (unpaired) electrons. The third-order valence-electron chi connectivity index (χ3n) is 5.99. The molecule has 3 aromatic heterocycles. The van der Waals surface area contributed by atoms with Crippen LogP contribution < -0.4 is 18.9 Å². The summed E-state index contributed by atoms with van der Waals surface area (Å²) < 4.78 is 53.7. The van der Waals surface area contributed by atoms with Gasteiger partial charge in [-0.05, 0) is 44.5 Å². The molecule has 14 heteroatoms. The first kappa shape index (κ1) is 28.7. The van der Waals surface area contributed by atoms with Gasteiger partial charge in [-0.1, -0.05) is 12.1 Å². The van der Waals surface area contributed by atoms with Gasteiger partial charge in [0.15, 0.2) is 11.6 Å². The minimum absolute atomic E-state index is 0.118. The SMILES string of the molecule is CCOc1cccc(-c2nnc(NS(=O)(=O)[C@@H](C)[C@H](OC)c3ncc(C)cn3)n2-c2c(OC)cccc2OC)n1. The second kappa shape index (κ2) is 12.3. The molecule has 0 saturated carbocycles. The molecule has 0 aliphatic carbocycles. The molecule has 4 aromatic rings. The number of sulfonamides is 1. The molecule has 0 bridgehead atoms. The van der Waals surface area contributed by atoms with E-state index in [1.54, 1.807) is 48.8 Å². The first-order valence-electron chi connectivity index (χ1n) is 12.3. The smallest absolute Gasteiger partial charge is 0.243 e. The lowest BCUT2D eigenvalue weighted by Gasteiger charge is -2.23. The quantitative estimate of drug-likeness (QED) is 0.267. The number of nitrogens with zero attached hydrogens (tertiary/aromatic N) is 6. The zero-order chi connectivity index (χ0) is 28.9. The van der Waals surface area contributed by atoms with Crippen LogP contribution in [0.2, 0.25) is 0 Å². The Morgan fingerprint density at radius 2 is 1.62 bits per heavy atom. The van der Waals surface area contributed by atoms with Crippen LogP contribution >= 0.6 is 0 Å². The highest BCUT2D eigenvalue weighted by Crippen LogP contribution is 2.38. The van der Waals surface area contributed by atoms with Gasteiger partial charge in [0, 0.05) is 25.6 Å². The van der Waals surface area contributed by atoms with Crippen LogP contribution in [0.5, 0.6) is 17.4 Å². The average molecular weight is 570 g/mol. The molecule has 212 valence electrons. The summed E-state index contributed by atoms with van der Waals surface area (Å²) in [5.41, 5.74) is 1.58. The Kier molecular flexibility index (Phi) is 8.80. The topological polar surface area (TPSA) is 152 Å². The van der Waals surface area contributed by atoms with Gasteiger partial charge >= 0.3 is 0 Å². The van der Waals surface area contributed by atoms with E-state index >= 15 is 0 Å². The first-order chi connectivity index (χ1) is 19.2. The molecule has 13 nitrogen and oxygen atoms in total. The van der Waals surface area contributed by atoms with E-state index in [0.29, 0.717) is 35.4 Å². The Labute approximate surface area is 232 Å². The van der Waals surface area contributed by atoms with Crippen LogP contribution in [0.15, 0.2) is 48.8 Å². The van der Waals surface area contributed by atoms with Crippen molar-refractivity contribution < 1.29 is 27.4 Å². The van der Waals surface area contributed by atoms with Gasteiger partial charge in [-0.15, -0.1) is 10.2 Å². The molecule has 40 heavy (non-hydrogen) atoms. The van der Waals surface area contributed by atoms with Crippen LogP contribution in [-0.4, -0.2) is 71.3 Å². The summed E-state index contributed by atoms with van der Waals surface area (Å²) in [4.78, 5) is 13.0. The molecule has 1 N–H and O–H groups in total. The van der Waals surface area contributed by atoms with Gasteiger partial charge in [-0.25, -0.2) is 23.4 Å². The van der Waals surface area contributed by atoms with E-state index in [9.17, 15) is 8.42 Å². The molecule has 2 atom stereocenters. The lowest BCUT2D eigenvalue weighted by atomic mass is 10.2. The Bertz CT molecular complexity index is 1540. The van der Waals surface area contributed by atoms with Crippen molar-refractivity contribution in [3.8, 4) is 34.6 Å². The summed E-state index contributed by atoms with van der Waals surface area (Å²) in [7, 11) is 0.243. The second-order valence-corrected chi connectivity index (χ2v) is 10.7. The fraction of sp³-hybridized carbons (Fsp3) is 0.346. The molecule has 0 spiro atoms. The van der Waals surface area contributed by atoms with E-state index in [-0.39, 0.29) is 17.6 Å². The molecular weight excluding hydrogens is 538 g/mol. The molecule has 0 aliphatic heterocycles. The first-order valence-corrected chi connectivity index (χ1v) is 13.9. The predicted molar refractivity (Wildman–Crippen MR) is 147 cm³/mol. The normalized spacial score (nSPS) is 12.9. The summed E-state index contributed by atoms with van der Waals surface area (Å²) in [6.07, 6.45) is 2.24. The minimum atomic E-state index is -4.14. The van der Waals surface area contributed by atoms with E-state index in [0.717, 1.165) is 5.56 Å². The third-order valence-corrected chi connectivity index (χ3v) is 7.69. The van der Waals surface area contributed by atoms with Crippen molar-refractivity contribution in [1.82, 2.24) is 29.7 Å². The van der Waals surface area contributed by atoms with Gasteiger partial charge in [-0.3, -0.25) is 9.29 Å². The molecule has 1 aromatic carbocycles. The number of para-hydroxylation sites is 1. The largest absolute Gasteiger partial charge is 0.494 e. The van der Waals surface area contributed by atoms with E-state index < -0.39 is 21.4 Å². The highest BCUT2D eigenvalue weighted by molar-refractivity contribution is 7.93. The summed E-state index contributed by atoms with van der Waals surface area (Å²) >= 11 is 0. The van der Waals surface area contributed by atoms with E-state index in [1.165, 1.54) is 32.8 Å². The molecule has 3 heterocycles.